The largest absolute Gasteiger partial charge is 0.388 e. The Kier molecular flexibility index (Phi) is 5.20. The third-order valence-electron chi connectivity index (χ3n) is 3.56. The normalized spacial score (nSPS) is 13.9. The van der Waals surface area contributed by atoms with Gasteiger partial charge in [0.25, 0.3) is 0 Å². The van der Waals surface area contributed by atoms with Crippen LogP contribution in [0.5, 0.6) is 0 Å². The average Bonchev–Trinajstić information content (AvgIpc) is 2.94. The van der Waals surface area contributed by atoms with Gasteiger partial charge in [0.1, 0.15) is 10.7 Å². The summed E-state index contributed by atoms with van der Waals surface area (Å²) >= 11 is 1.43. The van der Waals surface area contributed by atoms with Crippen LogP contribution >= 0.6 is 11.3 Å². The first-order chi connectivity index (χ1) is 10.4. The van der Waals surface area contributed by atoms with Crippen molar-refractivity contribution in [3.05, 3.63) is 29.7 Å². The molecule has 0 fully saturated rings. The molecule has 0 spiro atoms. The Morgan fingerprint density at radius 2 is 2.23 bits per heavy atom. The van der Waals surface area contributed by atoms with Gasteiger partial charge in [-0.25, -0.2) is 4.98 Å². The van der Waals surface area contributed by atoms with Gasteiger partial charge in [0.05, 0.1) is 23.9 Å². The molecule has 0 aliphatic heterocycles. The highest BCUT2D eigenvalue weighted by molar-refractivity contribution is 7.13. The molecule has 2 aromatic heterocycles. The Morgan fingerprint density at radius 3 is 2.86 bits per heavy atom. The van der Waals surface area contributed by atoms with E-state index in [9.17, 15) is 9.90 Å². The fraction of sp³-hybridized carbons (Fsp3) is 0.467. The minimum Gasteiger partial charge on any atom is -0.388 e. The molecule has 7 heteroatoms. The lowest BCUT2D eigenvalue weighted by molar-refractivity contribution is -0.122. The zero-order valence-electron chi connectivity index (χ0n) is 12.9. The van der Waals surface area contributed by atoms with Crippen molar-refractivity contribution in [3.63, 3.8) is 0 Å². The lowest BCUT2D eigenvalue weighted by Crippen LogP contribution is -2.44. The van der Waals surface area contributed by atoms with Gasteiger partial charge < -0.3 is 10.4 Å². The number of nitrogens with zero attached hydrogens (tertiary/aromatic N) is 3. The van der Waals surface area contributed by atoms with E-state index in [2.05, 4.69) is 20.3 Å². The number of hydrogen-bond donors (Lipinski definition) is 2. The van der Waals surface area contributed by atoms with E-state index >= 15 is 0 Å². The molecule has 0 radical (unpaired) electrons. The molecule has 2 aromatic rings. The van der Waals surface area contributed by atoms with Crippen LogP contribution in [-0.2, 0) is 11.2 Å². The molecule has 2 rings (SSSR count). The summed E-state index contributed by atoms with van der Waals surface area (Å²) in [6, 6.07) is 0. The molecule has 0 aliphatic rings. The molecular formula is C15H20N4O2S. The summed E-state index contributed by atoms with van der Waals surface area (Å²) < 4.78 is 0. The van der Waals surface area contributed by atoms with Crippen LogP contribution in [0.2, 0.25) is 0 Å². The molecule has 118 valence electrons. The lowest BCUT2D eigenvalue weighted by Gasteiger charge is -2.27. The molecular weight excluding hydrogens is 300 g/mol. The van der Waals surface area contributed by atoms with Gasteiger partial charge in [-0.15, -0.1) is 11.3 Å². The number of aromatic nitrogens is 3. The van der Waals surface area contributed by atoms with E-state index in [1.807, 2.05) is 19.2 Å². The minimum atomic E-state index is -0.914. The summed E-state index contributed by atoms with van der Waals surface area (Å²) in [5.74, 6) is -0.0905. The third kappa shape index (κ3) is 4.32. The third-order valence-corrected chi connectivity index (χ3v) is 4.48. The predicted molar refractivity (Wildman–Crippen MR) is 85.3 cm³/mol. The van der Waals surface area contributed by atoms with Crippen molar-refractivity contribution in [2.24, 2.45) is 5.92 Å². The monoisotopic (exact) mass is 320 g/mol. The molecule has 0 bridgehead atoms. The summed E-state index contributed by atoms with van der Waals surface area (Å²) in [5.41, 5.74) is 0.469. The van der Waals surface area contributed by atoms with Crippen molar-refractivity contribution in [1.29, 1.82) is 0 Å². The van der Waals surface area contributed by atoms with Gasteiger partial charge in [-0.2, -0.15) is 0 Å². The fourth-order valence-corrected chi connectivity index (χ4v) is 2.40. The van der Waals surface area contributed by atoms with Crippen LogP contribution in [0.25, 0.3) is 10.7 Å². The number of amides is 1. The van der Waals surface area contributed by atoms with Crippen molar-refractivity contribution in [2.45, 2.75) is 32.8 Å². The maximum Gasteiger partial charge on any atom is 0.226 e. The second kappa shape index (κ2) is 6.93. The Balaban J connectivity index is 1.92. The van der Waals surface area contributed by atoms with Crippen LogP contribution in [0.15, 0.2) is 24.0 Å². The van der Waals surface area contributed by atoms with E-state index in [-0.39, 0.29) is 24.8 Å². The molecule has 6 nitrogen and oxygen atoms in total. The van der Waals surface area contributed by atoms with E-state index in [4.69, 9.17) is 0 Å². The van der Waals surface area contributed by atoms with Crippen LogP contribution in [0.4, 0.5) is 0 Å². The number of aliphatic hydroxyl groups is 1. The Hall–Kier alpha value is -1.86. The molecule has 2 N–H and O–H groups in total. The number of carbonyl (C=O) groups excluding carboxylic acids is 1. The second-order valence-corrected chi connectivity index (χ2v) is 6.56. The number of carbonyl (C=O) groups is 1. The summed E-state index contributed by atoms with van der Waals surface area (Å²) in [6.07, 6.45) is 5.04. The van der Waals surface area contributed by atoms with Gasteiger partial charge in [-0.3, -0.25) is 14.8 Å². The molecule has 0 aromatic carbocycles. The average molecular weight is 320 g/mol. The van der Waals surface area contributed by atoms with E-state index in [0.717, 1.165) is 5.01 Å². The van der Waals surface area contributed by atoms with Gasteiger partial charge in [-0.1, -0.05) is 13.8 Å². The molecule has 22 heavy (non-hydrogen) atoms. The van der Waals surface area contributed by atoms with Crippen LogP contribution < -0.4 is 5.32 Å². The second-order valence-electron chi connectivity index (χ2n) is 5.70. The maximum atomic E-state index is 11.9. The van der Waals surface area contributed by atoms with E-state index in [1.54, 1.807) is 25.5 Å². The highest BCUT2D eigenvalue weighted by Crippen LogP contribution is 2.21. The fourth-order valence-electron chi connectivity index (χ4n) is 1.62. The molecule has 1 atom stereocenters. The summed E-state index contributed by atoms with van der Waals surface area (Å²) in [6.45, 7) is 5.77. The topological polar surface area (TPSA) is 88.0 Å². The molecule has 0 saturated heterocycles. The Labute approximate surface area is 133 Å². The van der Waals surface area contributed by atoms with Crippen LogP contribution in [-0.4, -0.2) is 38.1 Å². The molecule has 1 unspecified atom stereocenters. The van der Waals surface area contributed by atoms with Crippen molar-refractivity contribution in [1.82, 2.24) is 20.3 Å². The number of rotatable bonds is 6. The zero-order chi connectivity index (χ0) is 16.2. The molecule has 0 aliphatic carbocycles. The van der Waals surface area contributed by atoms with E-state index in [1.165, 1.54) is 11.3 Å². The van der Waals surface area contributed by atoms with Crippen molar-refractivity contribution >= 4 is 17.2 Å². The minimum absolute atomic E-state index is 0.0651. The van der Waals surface area contributed by atoms with Gasteiger partial charge in [-0.05, 0) is 12.8 Å². The Bertz CT molecular complexity index is 625. The standard InChI is InChI=1S/C15H20N4O2S/c1-10(2)15(3,21)9-18-13(20)6-11-8-22-14(19-11)12-7-16-4-5-17-12/h4-5,7-8,10,21H,6,9H2,1-3H3,(H,18,20). The smallest absolute Gasteiger partial charge is 0.226 e. The highest BCUT2D eigenvalue weighted by atomic mass is 32.1. The van der Waals surface area contributed by atoms with Crippen molar-refractivity contribution in [3.8, 4) is 10.7 Å². The predicted octanol–water partition coefficient (Wildman–Crippen LogP) is 1.67. The van der Waals surface area contributed by atoms with Crippen molar-refractivity contribution < 1.29 is 9.90 Å². The number of thiazole rings is 1. The Morgan fingerprint density at radius 1 is 1.45 bits per heavy atom. The maximum absolute atomic E-state index is 11.9. The summed E-state index contributed by atoms with van der Waals surface area (Å²) in [5, 5.41) is 15.4. The highest BCUT2D eigenvalue weighted by Gasteiger charge is 2.25. The van der Waals surface area contributed by atoms with Gasteiger partial charge >= 0.3 is 0 Å². The summed E-state index contributed by atoms with van der Waals surface area (Å²) in [7, 11) is 0. The quantitative estimate of drug-likeness (QED) is 0.845. The van der Waals surface area contributed by atoms with Crippen LogP contribution in [0.1, 0.15) is 26.5 Å². The van der Waals surface area contributed by atoms with Crippen LogP contribution in [0, 0.1) is 5.92 Å². The van der Waals surface area contributed by atoms with Gasteiger partial charge in [0.2, 0.25) is 5.91 Å². The van der Waals surface area contributed by atoms with E-state index in [0.29, 0.717) is 11.4 Å². The summed E-state index contributed by atoms with van der Waals surface area (Å²) in [4.78, 5) is 24.5. The molecule has 2 heterocycles. The van der Waals surface area contributed by atoms with Crippen molar-refractivity contribution in [2.75, 3.05) is 6.54 Å². The lowest BCUT2D eigenvalue weighted by atomic mass is 9.92. The first kappa shape index (κ1) is 16.5. The first-order valence-corrected chi connectivity index (χ1v) is 7.96. The van der Waals surface area contributed by atoms with Gasteiger partial charge in [0, 0.05) is 24.3 Å². The van der Waals surface area contributed by atoms with Crippen LogP contribution in [0.3, 0.4) is 0 Å². The first-order valence-electron chi connectivity index (χ1n) is 7.08. The SMILES string of the molecule is CC(C)C(C)(O)CNC(=O)Cc1csc(-c2cnccn2)n1. The molecule has 1 amide bonds. The van der Waals surface area contributed by atoms with E-state index < -0.39 is 5.60 Å². The zero-order valence-corrected chi connectivity index (χ0v) is 13.7. The number of nitrogens with one attached hydrogen (secondary N) is 1. The number of hydrogen-bond acceptors (Lipinski definition) is 6. The molecule has 0 saturated carbocycles. The van der Waals surface area contributed by atoms with Gasteiger partial charge in [0.15, 0.2) is 0 Å².